The van der Waals surface area contributed by atoms with Gasteiger partial charge in [0, 0.05) is 16.8 Å². The van der Waals surface area contributed by atoms with Gasteiger partial charge in [-0.15, -0.1) is 5.92 Å². The molecule has 15 heavy (non-hydrogen) atoms. The van der Waals surface area contributed by atoms with Crippen molar-refractivity contribution >= 4 is 15.9 Å². The Bertz CT molecular complexity index is 370. The number of hydrogen-bond acceptors (Lipinski definition) is 0. The summed E-state index contributed by atoms with van der Waals surface area (Å²) in [5.41, 5.74) is 1.34. The van der Waals surface area contributed by atoms with Crippen LogP contribution in [0, 0.1) is 17.8 Å². The molecule has 0 bridgehead atoms. The zero-order valence-corrected chi connectivity index (χ0v) is 11.1. The highest BCUT2D eigenvalue weighted by Crippen LogP contribution is 2.29. The summed E-state index contributed by atoms with van der Waals surface area (Å²) in [7, 11) is 0. The SMILES string of the molecule is CCC#CC(C)C(C)c1ccccc1Br. The second-order valence-corrected chi connectivity index (χ2v) is 4.63. The molecular weight excluding hydrogens is 248 g/mol. The van der Waals surface area contributed by atoms with Crippen molar-refractivity contribution in [3.05, 3.63) is 34.3 Å². The van der Waals surface area contributed by atoms with E-state index in [1.165, 1.54) is 10.0 Å². The fraction of sp³-hybridized carbons (Fsp3) is 0.429. The lowest BCUT2D eigenvalue weighted by Crippen LogP contribution is -2.04. The largest absolute Gasteiger partial charge is 0.103 e. The first-order valence-electron chi connectivity index (χ1n) is 5.39. The molecule has 2 atom stereocenters. The van der Waals surface area contributed by atoms with E-state index >= 15 is 0 Å². The monoisotopic (exact) mass is 264 g/mol. The predicted octanol–water partition coefficient (Wildman–Crippen LogP) is 4.60. The zero-order chi connectivity index (χ0) is 11.3. The van der Waals surface area contributed by atoms with Crippen molar-refractivity contribution in [3.8, 4) is 11.8 Å². The molecule has 0 fully saturated rings. The Balaban J connectivity index is 2.85. The highest BCUT2D eigenvalue weighted by Gasteiger charge is 2.14. The normalized spacial score (nSPS) is 13.9. The Morgan fingerprint density at radius 3 is 2.53 bits per heavy atom. The Morgan fingerprint density at radius 2 is 1.93 bits per heavy atom. The maximum Gasteiger partial charge on any atom is 0.0240 e. The minimum absolute atomic E-state index is 0.406. The Morgan fingerprint density at radius 1 is 1.27 bits per heavy atom. The average molecular weight is 265 g/mol. The highest BCUT2D eigenvalue weighted by molar-refractivity contribution is 9.10. The van der Waals surface area contributed by atoms with Crippen molar-refractivity contribution in [2.24, 2.45) is 5.92 Å². The summed E-state index contributed by atoms with van der Waals surface area (Å²) in [5, 5.41) is 0. The lowest BCUT2D eigenvalue weighted by Gasteiger charge is -2.16. The minimum Gasteiger partial charge on any atom is -0.103 e. The molecule has 0 heterocycles. The van der Waals surface area contributed by atoms with Crippen LogP contribution in [0.2, 0.25) is 0 Å². The first-order valence-corrected chi connectivity index (χ1v) is 6.19. The van der Waals surface area contributed by atoms with E-state index in [0.29, 0.717) is 11.8 Å². The Labute approximate surface area is 101 Å². The van der Waals surface area contributed by atoms with Crippen molar-refractivity contribution in [2.75, 3.05) is 0 Å². The molecule has 1 aromatic rings. The molecule has 0 spiro atoms. The lowest BCUT2D eigenvalue weighted by molar-refractivity contribution is 0.607. The molecule has 1 aromatic carbocycles. The van der Waals surface area contributed by atoms with E-state index in [1.807, 2.05) is 6.07 Å². The fourth-order valence-electron chi connectivity index (χ4n) is 1.50. The van der Waals surface area contributed by atoms with E-state index in [9.17, 15) is 0 Å². The molecule has 0 nitrogen and oxygen atoms in total. The van der Waals surface area contributed by atoms with Gasteiger partial charge in [-0.25, -0.2) is 0 Å². The van der Waals surface area contributed by atoms with E-state index in [4.69, 9.17) is 0 Å². The van der Waals surface area contributed by atoms with Crippen LogP contribution >= 0.6 is 15.9 Å². The second-order valence-electron chi connectivity index (χ2n) is 3.77. The van der Waals surface area contributed by atoms with Crippen LogP contribution in [0.4, 0.5) is 0 Å². The fourth-order valence-corrected chi connectivity index (χ4v) is 2.15. The third-order valence-corrected chi connectivity index (χ3v) is 3.37. The maximum atomic E-state index is 3.59. The van der Waals surface area contributed by atoms with Gasteiger partial charge in [0.05, 0.1) is 0 Å². The molecule has 1 heteroatoms. The summed E-state index contributed by atoms with van der Waals surface area (Å²) in [6, 6.07) is 8.38. The van der Waals surface area contributed by atoms with Gasteiger partial charge in [-0.2, -0.15) is 0 Å². The van der Waals surface area contributed by atoms with Gasteiger partial charge in [-0.3, -0.25) is 0 Å². The predicted molar refractivity (Wildman–Crippen MR) is 69.8 cm³/mol. The van der Waals surface area contributed by atoms with Crippen LogP contribution in [0.3, 0.4) is 0 Å². The molecule has 0 aliphatic heterocycles. The molecule has 80 valence electrons. The molecule has 2 unspecified atom stereocenters. The van der Waals surface area contributed by atoms with Crippen molar-refractivity contribution in [1.82, 2.24) is 0 Å². The number of hydrogen-bond donors (Lipinski definition) is 0. The Hall–Kier alpha value is -0.740. The summed E-state index contributed by atoms with van der Waals surface area (Å²) in [4.78, 5) is 0. The van der Waals surface area contributed by atoms with Gasteiger partial charge >= 0.3 is 0 Å². The highest BCUT2D eigenvalue weighted by atomic mass is 79.9. The summed E-state index contributed by atoms with van der Waals surface area (Å²) < 4.78 is 1.18. The number of halogens is 1. The minimum atomic E-state index is 0.406. The summed E-state index contributed by atoms with van der Waals surface area (Å²) in [6.07, 6.45) is 0.938. The molecule has 0 aliphatic carbocycles. The third-order valence-electron chi connectivity index (χ3n) is 2.65. The van der Waals surface area contributed by atoms with Gasteiger partial charge in [0.2, 0.25) is 0 Å². The maximum absolute atomic E-state index is 3.59. The molecule has 0 saturated carbocycles. The number of benzene rings is 1. The second kappa shape index (κ2) is 5.98. The van der Waals surface area contributed by atoms with Crippen molar-refractivity contribution in [3.63, 3.8) is 0 Å². The molecule has 0 saturated heterocycles. The van der Waals surface area contributed by atoms with Crippen molar-refractivity contribution in [2.45, 2.75) is 33.1 Å². The summed E-state index contributed by atoms with van der Waals surface area (Å²) in [6.45, 7) is 6.50. The summed E-state index contributed by atoms with van der Waals surface area (Å²) >= 11 is 3.59. The van der Waals surface area contributed by atoms with E-state index in [2.05, 4.69) is 66.7 Å². The quantitative estimate of drug-likeness (QED) is 0.685. The first-order chi connectivity index (χ1) is 7.16. The van der Waals surface area contributed by atoms with Gasteiger partial charge in [0.15, 0.2) is 0 Å². The average Bonchev–Trinajstić information content (AvgIpc) is 2.25. The zero-order valence-electron chi connectivity index (χ0n) is 9.55. The van der Waals surface area contributed by atoms with Crippen LogP contribution < -0.4 is 0 Å². The standard InChI is InChI=1S/C14H17Br/c1-4-5-8-11(2)12(3)13-9-6-7-10-14(13)15/h6-7,9-12H,4H2,1-3H3. The van der Waals surface area contributed by atoms with Crippen LogP contribution in [0.25, 0.3) is 0 Å². The molecule has 0 N–H and O–H groups in total. The molecule has 1 rings (SSSR count). The van der Waals surface area contributed by atoms with Gasteiger partial charge in [-0.05, 0) is 17.5 Å². The lowest BCUT2D eigenvalue weighted by atomic mass is 9.89. The summed E-state index contributed by atoms with van der Waals surface area (Å²) in [5.74, 6) is 7.32. The number of rotatable bonds is 2. The first kappa shape index (κ1) is 12.3. The topological polar surface area (TPSA) is 0 Å². The molecule has 0 aromatic heterocycles. The molecular formula is C14H17Br. The van der Waals surface area contributed by atoms with E-state index in [-0.39, 0.29) is 0 Å². The van der Waals surface area contributed by atoms with Crippen LogP contribution in [0.15, 0.2) is 28.7 Å². The van der Waals surface area contributed by atoms with Crippen LogP contribution in [-0.2, 0) is 0 Å². The van der Waals surface area contributed by atoms with Crippen molar-refractivity contribution in [1.29, 1.82) is 0 Å². The Kier molecular flexibility index (Phi) is 4.91. The van der Waals surface area contributed by atoms with Gasteiger partial charge in [0.1, 0.15) is 0 Å². The van der Waals surface area contributed by atoms with E-state index in [0.717, 1.165) is 6.42 Å². The van der Waals surface area contributed by atoms with Crippen molar-refractivity contribution < 1.29 is 0 Å². The molecule has 0 amide bonds. The van der Waals surface area contributed by atoms with E-state index in [1.54, 1.807) is 0 Å². The van der Waals surface area contributed by atoms with Crippen LogP contribution in [0.1, 0.15) is 38.7 Å². The molecule has 0 aliphatic rings. The molecule has 0 radical (unpaired) electrons. The smallest absolute Gasteiger partial charge is 0.0240 e. The van der Waals surface area contributed by atoms with Crippen LogP contribution in [-0.4, -0.2) is 0 Å². The van der Waals surface area contributed by atoms with Gasteiger partial charge in [-0.1, -0.05) is 60.8 Å². The van der Waals surface area contributed by atoms with Gasteiger partial charge in [0.25, 0.3) is 0 Å². The van der Waals surface area contributed by atoms with E-state index < -0.39 is 0 Å². The van der Waals surface area contributed by atoms with Crippen LogP contribution in [0.5, 0.6) is 0 Å². The van der Waals surface area contributed by atoms with Gasteiger partial charge < -0.3 is 0 Å². The third kappa shape index (κ3) is 3.39.